The molecule has 2 N–H and O–H groups in total. The van der Waals surface area contributed by atoms with Crippen LogP contribution in [0.1, 0.15) is 40.1 Å². The van der Waals surface area contributed by atoms with Crippen molar-refractivity contribution < 1.29 is 27.9 Å². The number of aliphatic hydroxyl groups is 1. The summed E-state index contributed by atoms with van der Waals surface area (Å²) in [6.45, 7) is 3.82. The van der Waals surface area contributed by atoms with Crippen LogP contribution in [0.15, 0.2) is 36.8 Å². The summed E-state index contributed by atoms with van der Waals surface area (Å²) in [5.41, 5.74) is 1.00. The van der Waals surface area contributed by atoms with Crippen LogP contribution in [0.4, 0.5) is 24.5 Å². The third kappa shape index (κ3) is 5.55. The number of carbonyl (C=O) groups is 2. The van der Waals surface area contributed by atoms with Gasteiger partial charge in [-0.2, -0.15) is 5.10 Å². The molecule has 0 bridgehead atoms. The Morgan fingerprint density at radius 2 is 1.90 bits per heavy atom. The Balaban J connectivity index is 1.45. The summed E-state index contributed by atoms with van der Waals surface area (Å²) in [4.78, 5) is 35.7. The number of benzene rings is 1. The van der Waals surface area contributed by atoms with Gasteiger partial charge in [-0.3, -0.25) is 14.5 Å². The molecule has 39 heavy (non-hydrogen) atoms. The second-order valence-electron chi connectivity index (χ2n) is 10.4. The van der Waals surface area contributed by atoms with Crippen molar-refractivity contribution >= 4 is 28.8 Å². The van der Waals surface area contributed by atoms with E-state index in [1.807, 2.05) is 4.90 Å². The first kappa shape index (κ1) is 26.9. The number of fused-ring (bicyclic) bond motifs is 2. The summed E-state index contributed by atoms with van der Waals surface area (Å²) in [5, 5.41) is 17.1. The summed E-state index contributed by atoms with van der Waals surface area (Å²) in [7, 11) is 0. The van der Waals surface area contributed by atoms with Crippen LogP contribution in [0.2, 0.25) is 0 Å². The van der Waals surface area contributed by atoms with Crippen LogP contribution in [0.25, 0.3) is 5.65 Å². The molecule has 5 rings (SSSR count). The predicted molar refractivity (Wildman–Crippen MR) is 138 cm³/mol. The highest BCUT2D eigenvalue weighted by molar-refractivity contribution is 6.10. The highest BCUT2D eigenvalue weighted by atomic mass is 19.3. The average molecular weight is 546 g/mol. The van der Waals surface area contributed by atoms with E-state index in [9.17, 15) is 27.9 Å². The van der Waals surface area contributed by atoms with Gasteiger partial charge < -0.3 is 20.2 Å². The van der Waals surface area contributed by atoms with Gasteiger partial charge in [-0.15, -0.1) is 0 Å². The molecule has 3 aromatic rings. The van der Waals surface area contributed by atoms with E-state index < -0.39 is 24.1 Å². The molecule has 2 aliphatic rings. The molecule has 4 heterocycles. The molecule has 0 unspecified atom stereocenters. The smallest absolute Gasteiger partial charge is 0.261 e. The molecule has 2 aromatic heterocycles. The molecule has 1 saturated heterocycles. The van der Waals surface area contributed by atoms with Gasteiger partial charge in [-0.05, 0) is 37.6 Å². The van der Waals surface area contributed by atoms with E-state index >= 15 is 0 Å². The number of hydrogen-bond acceptors (Lipinski definition) is 7. The van der Waals surface area contributed by atoms with Gasteiger partial charge in [0.2, 0.25) is 0 Å². The predicted octanol–water partition coefficient (Wildman–Crippen LogP) is 2.43. The second kappa shape index (κ2) is 10.5. The molecule has 0 spiro atoms. The number of anilines is 2. The molecule has 10 nitrogen and oxygen atoms in total. The maximum Gasteiger partial charge on any atom is 0.261 e. The van der Waals surface area contributed by atoms with Crippen LogP contribution in [-0.4, -0.2) is 98.8 Å². The van der Waals surface area contributed by atoms with Gasteiger partial charge in [0, 0.05) is 50.7 Å². The molecule has 2 aliphatic heterocycles. The molecule has 1 fully saturated rings. The van der Waals surface area contributed by atoms with E-state index in [2.05, 4.69) is 15.4 Å². The standard InChI is InChI=1S/C26H30F3N7O3/c1-26(2,39)21(27)14-35-13-16-10-19(32-24(37)18-12-31-36-5-3-4-30-23(18)36)20(11-17(16)25(35)38)34-8-6-33(7-9-34)15-22(28)29/h3-5,10-12,21-22,39H,6-9,13-15H2,1-2H3,(H,32,37)/t21-/m1/s1. The van der Waals surface area contributed by atoms with Crippen molar-refractivity contribution in [1.29, 1.82) is 0 Å². The van der Waals surface area contributed by atoms with Crippen LogP contribution < -0.4 is 10.2 Å². The van der Waals surface area contributed by atoms with E-state index in [4.69, 9.17) is 0 Å². The lowest BCUT2D eigenvalue weighted by Crippen LogP contribution is -2.48. The fourth-order valence-electron chi connectivity index (χ4n) is 4.88. The quantitative estimate of drug-likeness (QED) is 0.448. The van der Waals surface area contributed by atoms with Gasteiger partial charge in [-0.25, -0.2) is 22.7 Å². The Morgan fingerprint density at radius 3 is 2.59 bits per heavy atom. The molecular formula is C26H30F3N7O3. The zero-order valence-electron chi connectivity index (χ0n) is 21.6. The largest absolute Gasteiger partial charge is 0.387 e. The summed E-state index contributed by atoms with van der Waals surface area (Å²) >= 11 is 0. The third-order valence-electron chi connectivity index (χ3n) is 7.13. The lowest BCUT2D eigenvalue weighted by Gasteiger charge is -2.37. The Labute approximate surface area is 223 Å². The number of nitrogens with zero attached hydrogens (tertiary/aromatic N) is 6. The zero-order valence-corrected chi connectivity index (χ0v) is 21.6. The summed E-state index contributed by atoms with van der Waals surface area (Å²) in [5.74, 6) is -0.826. The third-order valence-corrected chi connectivity index (χ3v) is 7.13. The maximum atomic E-state index is 14.6. The molecule has 1 atom stereocenters. The minimum atomic E-state index is -2.43. The van der Waals surface area contributed by atoms with E-state index in [0.29, 0.717) is 54.3 Å². The molecule has 2 amide bonds. The Hall–Kier alpha value is -3.71. The van der Waals surface area contributed by atoms with E-state index in [1.54, 1.807) is 35.5 Å². The minimum absolute atomic E-state index is 0.119. The van der Waals surface area contributed by atoms with Crippen LogP contribution >= 0.6 is 0 Å². The number of nitrogens with one attached hydrogen (secondary N) is 1. The van der Waals surface area contributed by atoms with Crippen molar-refractivity contribution in [3.05, 3.63) is 53.5 Å². The lowest BCUT2D eigenvalue weighted by molar-refractivity contribution is -0.0159. The number of carbonyl (C=O) groups excluding carboxylic acids is 2. The Morgan fingerprint density at radius 1 is 1.15 bits per heavy atom. The number of halogens is 3. The highest BCUT2D eigenvalue weighted by Gasteiger charge is 2.36. The number of hydrogen-bond donors (Lipinski definition) is 2. The van der Waals surface area contributed by atoms with Gasteiger partial charge in [0.25, 0.3) is 18.2 Å². The highest BCUT2D eigenvalue weighted by Crippen LogP contribution is 2.36. The molecule has 13 heteroatoms. The number of rotatable bonds is 8. The number of piperazine rings is 1. The second-order valence-corrected chi connectivity index (χ2v) is 10.4. The van der Waals surface area contributed by atoms with Crippen LogP contribution in [-0.2, 0) is 6.54 Å². The monoisotopic (exact) mass is 545 g/mol. The molecule has 1 aromatic carbocycles. The summed E-state index contributed by atoms with van der Waals surface area (Å²) in [6, 6.07) is 5.06. The zero-order chi connectivity index (χ0) is 27.9. The van der Waals surface area contributed by atoms with Gasteiger partial charge in [0.15, 0.2) is 5.65 Å². The van der Waals surface area contributed by atoms with Crippen molar-refractivity contribution in [2.75, 3.05) is 49.5 Å². The Bertz CT molecular complexity index is 1380. The Kier molecular flexibility index (Phi) is 7.21. The van der Waals surface area contributed by atoms with Gasteiger partial charge in [0.1, 0.15) is 11.7 Å². The van der Waals surface area contributed by atoms with Crippen molar-refractivity contribution in [1.82, 2.24) is 24.4 Å². The summed E-state index contributed by atoms with van der Waals surface area (Å²) in [6.07, 6.45) is 0.555. The van der Waals surface area contributed by atoms with Crippen LogP contribution in [0.5, 0.6) is 0 Å². The number of amides is 2. The SMILES string of the molecule is CC(C)(O)[C@H](F)CN1Cc2cc(NC(=O)c3cnn4cccnc34)c(N3CCN(CC(F)F)CC3)cc2C1=O. The first-order valence-electron chi connectivity index (χ1n) is 12.7. The fraction of sp³-hybridized carbons (Fsp3) is 0.462. The van der Waals surface area contributed by atoms with Gasteiger partial charge >= 0.3 is 0 Å². The number of alkyl halides is 3. The maximum absolute atomic E-state index is 14.6. The van der Waals surface area contributed by atoms with Crippen molar-refractivity contribution in [2.45, 2.75) is 38.6 Å². The minimum Gasteiger partial charge on any atom is -0.387 e. The van der Waals surface area contributed by atoms with Crippen LogP contribution in [0, 0.1) is 0 Å². The normalized spacial score (nSPS) is 17.3. The topological polar surface area (TPSA) is 106 Å². The van der Waals surface area contributed by atoms with Gasteiger partial charge in [-0.1, -0.05) is 0 Å². The molecule has 0 radical (unpaired) electrons. The van der Waals surface area contributed by atoms with Crippen molar-refractivity contribution in [3.63, 3.8) is 0 Å². The van der Waals surface area contributed by atoms with E-state index in [1.165, 1.54) is 29.5 Å². The lowest BCUT2D eigenvalue weighted by atomic mass is 10.0. The first-order chi connectivity index (χ1) is 18.5. The van der Waals surface area contributed by atoms with Crippen molar-refractivity contribution in [3.8, 4) is 0 Å². The molecule has 0 aliphatic carbocycles. The summed E-state index contributed by atoms with van der Waals surface area (Å²) < 4.78 is 41.9. The molecule has 0 saturated carbocycles. The first-order valence-corrected chi connectivity index (χ1v) is 12.7. The van der Waals surface area contributed by atoms with E-state index in [0.717, 1.165) is 0 Å². The van der Waals surface area contributed by atoms with Crippen molar-refractivity contribution in [2.24, 2.45) is 0 Å². The average Bonchev–Trinajstić information content (AvgIpc) is 3.44. The van der Waals surface area contributed by atoms with Crippen LogP contribution in [0.3, 0.4) is 0 Å². The van der Waals surface area contributed by atoms with E-state index in [-0.39, 0.29) is 31.1 Å². The van der Waals surface area contributed by atoms with Gasteiger partial charge in [0.05, 0.1) is 36.3 Å². The number of aromatic nitrogens is 3. The molecular weight excluding hydrogens is 515 g/mol. The molecule has 208 valence electrons. The fourth-order valence-corrected chi connectivity index (χ4v) is 4.88.